The third-order valence-electron chi connectivity index (χ3n) is 1.67. The Balaban J connectivity index is 4.01. The van der Waals surface area contributed by atoms with E-state index in [1.54, 1.807) is 0 Å². The molecule has 0 aliphatic carbocycles. The van der Waals surface area contributed by atoms with Crippen LogP contribution in [-0.4, -0.2) is 17.6 Å². The molecule has 54 valence electrons. The monoisotopic (exact) mass is 158 g/mol. The minimum atomic E-state index is -0.421. The fourth-order valence-electron chi connectivity index (χ4n) is 1.33. The summed E-state index contributed by atoms with van der Waals surface area (Å²) in [5, 5.41) is 0. The first-order valence-corrected chi connectivity index (χ1v) is 9.53. The third kappa shape index (κ3) is 3.01. The summed E-state index contributed by atoms with van der Waals surface area (Å²) in [5.74, 6) is 0. The highest BCUT2D eigenvalue weighted by atomic mass is 28.3. The van der Waals surface area contributed by atoms with Gasteiger partial charge in [-0.05, 0) is 6.92 Å². The number of hydrogen-bond donors (Lipinski definition) is 0. The molecular weight excluding hydrogens is 140 g/mol. The third-order valence-corrected chi connectivity index (χ3v) is 9.00. The van der Waals surface area contributed by atoms with Crippen molar-refractivity contribution in [2.24, 2.45) is 0 Å². The zero-order chi connectivity index (χ0) is 7.44. The van der Waals surface area contributed by atoms with Crippen LogP contribution in [0, 0.1) is 0 Å². The van der Waals surface area contributed by atoms with Crippen LogP contribution >= 0.6 is 0 Å². The smallest absolute Gasteiger partial charge is 0.0540 e. The van der Waals surface area contributed by atoms with E-state index in [1.807, 2.05) is 4.82 Å². The summed E-state index contributed by atoms with van der Waals surface area (Å²) >= 11 is 0. The van der Waals surface area contributed by atoms with E-state index in [4.69, 9.17) is 0 Å². The van der Waals surface area contributed by atoms with Gasteiger partial charge in [0.25, 0.3) is 0 Å². The second-order valence-corrected chi connectivity index (χ2v) is 9.72. The maximum absolute atomic E-state index is 2.42. The molecule has 0 N–H and O–H groups in total. The molecule has 0 amide bonds. The van der Waals surface area contributed by atoms with E-state index < -0.39 is 17.6 Å². The Hall–Kier alpha value is 0.174. The maximum Gasteiger partial charge on any atom is 0.0540 e. The van der Waals surface area contributed by atoms with E-state index >= 15 is 0 Å². The predicted molar refractivity (Wildman–Crippen MR) is 51.5 cm³/mol. The lowest BCUT2D eigenvalue weighted by Crippen LogP contribution is -2.18. The van der Waals surface area contributed by atoms with Crippen LogP contribution in [0.5, 0.6) is 0 Å². The highest BCUT2D eigenvalue weighted by Gasteiger charge is 2.07. The second kappa shape index (κ2) is 4.06. The van der Waals surface area contributed by atoms with E-state index in [1.165, 1.54) is 0 Å². The fraction of sp³-hybridized carbons (Fsp3) is 0.714. The summed E-state index contributed by atoms with van der Waals surface area (Å²) in [5.41, 5.74) is 0. The van der Waals surface area contributed by atoms with Crippen LogP contribution in [0.15, 0.2) is 10.9 Å². The zero-order valence-electron chi connectivity index (χ0n) is 7.23. The van der Waals surface area contributed by atoms with E-state index in [9.17, 15) is 0 Å². The molecule has 0 unspecified atom stereocenters. The van der Waals surface area contributed by atoms with Crippen molar-refractivity contribution in [2.75, 3.05) is 0 Å². The Bertz CT molecular complexity index is 93.5. The van der Waals surface area contributed by atoms with Crippen LogP contribution in [0.25, 0.3) is 0 Å². The molecule has 0 spiro atoms. The summed E-state index contributed by atoms with van der Waals surface area (Å²) in [6.45, 7) is 11.9. The van der Waals surface area contributed by atoms with E-state index in [2.05, 4.69) is 39.2 Å². The van der Waals surface area contributed by atoms with Gasteiger partial charge >= 0.3 is 0 Å². The second-order valence-electron chi connectivity index (χ2n) is 3.10. The van der Waals surface area contributed by atoms with Gasteiger partial charge in [-0.1, -0.05) is 32.3 Å². The first kappa shape index (κ1) is 9.17. The van der Waals surface area contributed by atoms with Crippen LogP contribution < -0.4 is 0 Å². The Morgan fingerprint density at radius 1 is 1.00 bits per heavy atom. The minimum absolute atomic E-state index is 0.421. The molecule has 0 saturated heterocycles. The summed E-state index contributed by atoms with van der Waals surface area (Å²) in [4.78, 5) is 1.84. The van der Waals surface area contributed by atoms with Crippen molar-refractivity contribution < 1.29 is 0 Å². The van der Waals surface area contributed by atoms with Crippen LogP contribution in [0.3, 0.4) is 0 Å². The molecule has 0 heterocycles. The van der Waals surface area contributed by atoms with E-state index in [0.29, 0.717) is 0 Å². The predicted octanol–water partition coefficient (Wildman–Crippen LogP) is 1.98. The average molecular weight is 158 g/mol. The quantitative estimate of drug-likeness (QED) is 0.539. The van der Waals surface area contributed by atoms with Gasteiger partial charge in [0.05, 0.1) is 17.6 Å². The normalized spacial score (nSPS) is 10.6. The zero-order valence-corrected chi connectivity index (χ0v) is 9.54. The van der Waals surface area contributed by atoms with Crippen LogP contribution in [0.4, 0.5) is 0 Å². The first-order valence-electron chi connectivity index (χ1n) is 3.75. The molecule has 0 nitrogen and oxygen atoms in total. The largest absolute Gasteiger partial charge is 0.101 e. The van der Waals surface area contributed by atoms with Gasteiger partial charge in [0.1, 0.15) is 0 Å². The lowest BCUT2D eigenvalue weighted by molar-refractivity contribution is 1.69. The number of rotatable bonds is 2. The van der Waals surface area contributed by atoms with Crippen molar-refractivity contribution >= 4 is 17.6 Å². The van der Waals surface area contributed by atoms with Crippen molar-refractivity contribution in [3.8, 4) is 0 Å². The Kier molecular flexibility index (Phi) is 4.14. The summed E-state index contributed by atoms with van der Waals surface area (Å²) in [7, 11) is -0.841. The molecule has 0 aromatic rings. The summed E-state index contributed by atoms with van der Waals surface area (Å²) < 4.78 is 0. The van der Waals surface area contributed by atoms with E-state index in [0.717, 1.165) is 0 Å². The molecule has 0 aromatic carbocycles. The van der Waals surface area contributed by atoms with Crippen molar-refractivity contribution in [3.05, 3.63) is 10.9 Å². The van der Waals surface area contributed by atoms with Gasteiger partial charge in [0.2, 0.25) is 0 Å². The van der Waals surface area contributed by atoms with Crippen LogP contribution in [0.2, 0.25) is 26.2 Å². The topological polar surface area (TPSA) is 0 Å². The molecule has 0 atom stereocenters. The van der Waals surface area contributed by atoms with Gasteiger partial charge in [-0.25, -0.2) is 0 Å². The SMILES string of the molecule is CC=C([SiH](C)C)[SiH](C)C. The van der Waals surface area contributed by atoms with Gasteiger partial charge < -0.3 is 0 Å². The number of allylic oxidation sites excluding steroid dienone is 1. The average Bonchev–Trinajstić information content (AvgIpc) is 1.64. The molecular formula is C7H18Si2. The summed E-state index contributed by atoms with van der Waals surface area (Å²) in [6.07, 6.45) is 2.35. The van der Waals surface area contributed by atoms with Gasteiger partial charge in [0, 0.05) is 0 Å². The lowest BCUT2D eigenvalue weighted by Gasteiger charge is -2.11. The fourth-order valence-corrected chi connectivity index (χ4v) is 8.00. The molecule has 0 rings (SSSR count). The van der Waals surface area contributed by atoms with Crippen molar-refractivity contribution in [1.29, 1.82) is 0 Å². The Morgan fingerprint density at radius 3 is 1.33 bits per heavy atom. The molecule has 0 fully saturated rings. The Morgan fingerprint density at radius 2 is 1.33 bits per heavy atom. The molecule has 0 aliphatic rings. The molecule has 0 aliphatic heterocycles. The maximum atomic E-state index is 2.42. The molecule has 2 heteroatoms. The summed E-state index contributed by atoms with van der Waals surface area (Å²) in [6, 6.07) is 0. The van der Waals surface area contributed by atoms with Gasteiger partial charge in [-0.3, -0.25) is 0 Å². The molecule has 9 heavy (non-hydrogen) atoms. The van der Waals surface area contributed by atoms with E-state index in [-0.39, 0.29) is 0 Å². The lowest BCUT2D eigenvalue weighted by atomic mass is 10.8. The van der Waals surface area contributed by atoms with Gasteiger partial charge in [0.15, 0.2) is 0 Å². The molecule has 0 bridgehead atoms. The highest BCUT2D eigenvalue weighted by molar-refractivity contribution is 6.86. The minimum Gasteiger partial charge on any atom is -0.101 e. The standard InChI is InChI=1S/C7H18Si2/c1-6-7(8(2)3)9(4)5/h6,8-9H,1-5H3. The van der Waals surface area contributed by atoms with Crippen molar-refractivity contribution in [2.45, 2.75) is 33.1 Å². The van der Waals surface area contributed by atoms with Crippen LogP contribution in [0.1, 0.15) is 6.92 Å². The first-order chi connectivity index (χ1) is 4.09. The van der Waals surface area contributed by atoms with Gasteiger partial charge in [-0.2, -0.15) is 0 Å². The van der Waals surface area contributed by atoms with Crippen LogP contribution in [-0.2, 0) is 0 Å². The molecule has 0 radical (unpaired) electrons. The Labute approximate surface area is 62.2 Å². The van der Waals surface area contributed by atoms with Crippen molar-refractivity contribution in [1.82, 2.24) is 0 Å². The van der Waals surface area contributed by atoms with Crippen molar-refractivity contribution in [3.63, 3.8) is 0 Å². The molecule has 0 saturated carbocycles. The van der Waals surface area contributed by atoms with Gasteiger partial charge in [-0.15, -0.1) is 4.82 Å². The number of hydrogen-bond acceptors (Lipinski definition) is 0. The highest BCUT2D eigenvalue weighted by Crippen LogP contribution is 2.04. The molecule has 0 aromatic heterocycles.